The second kappa shape index (κ2) is 9.68. The first-order valence-electron chi connectivity index (χ1n) is 14.9. The van der Waals surface area contributed by atoms with E-state index in [1.165, 1.54) is 0 Å². The predicted molar refractivity (Wildman–Crippen MR) is 183 cm³/mol. The van der Waals surface area contributed by atoms with E-state index in [4.69, 9.17) is 4.74 Å². The normalized spacial score (nSPS) is 12.8. The monoisotopic (exact) mass is 599 g/mol. The van der Waals surface area contributed by atoms with Gasteiger partial charge in [-0.3, -0.25) is 0 Å². The van der Waals surface area contributed by atoms with Crippen molar-refractivity contribution in [2.75, 3.05) is 4.90 Å². The van der Waals surface area contributed by atoms with Gasteiger partial charge in [-0.2, -0.15) is 0 Å². The van der Waals surface area contributed by atoms with Gasteiger partial charge in [-0.1, -0.05) is 109 Å². The number of sulfone groups is 1. The number of benzene rings is 8. The van der Waals surface area contributed by atoms with Crippen molar-refractivity contribution in [3.63, 3.8) is 0 Å². The lowest BCUT2D eigenvalue weighted by atomic mass is 9.94. The van der Waals surface area contributed by atoms with Crippen LogP contribution in [0.15, 0.2) is 161 Å². The number of nitrogens with zero attached hydrogens (tertiary/aromatic N) is 1. The Hall–Kier alpha value is -5.65. The molecule has 8 aromatic carbocycles. The topological polar surface area (TPSA) is 46.6 Å². The molecule has 0 atom stereocenters. The molecule has 0 fully saturated rings. The molecule has 0 aliphatic carbocycles. The van der Waals surface area contributed by atoms with Crippen LogP contribution in [0, 0.1) is 0 Å². The summed E-state index contributed by atoms with van der Waals surface area (Å²) in [5.41, 5.74) is 2.46. The molecule has 0 N–H and O–H groups in total. The van der Waals surface area contributed by atoms with Crippen molar-refractivity contribution in [2.45, 2.75) is 9.79 Å². The molecule has 1 aliphatic rings. The third-order valence-corrected chi connectivity index (χ3v) is 10.6. The molecule has 0 saturated heterocycles. The van der Waals surface area contributed by atoms with E-state index in [0.29, 0.717) is 27.2 Å². The number of hydrogen-bond donors (Lipinski definition) is 0. The second-order valence-electron chi connectivity index (χ2n) is 11.3. The van der Waals surface area contributed by atoms with Crippen molar-refractivity contribution in [1.82, 2.24) is 0 Å². The molecular formula is C40H25NO3S. The molecule has 4 nitrogen and oxygen atoms in total. The summed E-state index contributed by atoms with van der Waals surface area (Å²) in [5, 5.41) is 7.04. The molecule has 5 heteroatoms. The number of ether oxygens (including phenoxy) is 1. The first-order chi connectivity index (χ1) is 22.1. The van der Waals surface area contributed by atoms with Gasteiger partial charge in [-0.15, -0.1) is 0 Å². The first kappa shape index (κ1) is 25.8. The minimum absolute atomic E-state index is 0.273. The van der Waals surface area contributed by atoms with E-state index in [1.807, 2.05) is 121 Å². The summed E-state index contributed by atoms with van der Waals surface area (Å²) >= 11 is 0. The molecule has 0 unspecified atom stereocenters. The Kier molecular flexibility index (Phi) is 5.55. The summed E-state index contributed by atoms with van der Waals surface area (Å²) < 4.78 is 36.6. The van der Waals surface area contributed by atoms with E-state index in [2.05, 4.69) is 29.2 Å². The predicted octanol–water partition coefficient (Wildman–Crippen LogP) is 10.7. The SMILES string of the molecule is O=S(=O)(c1cccc2ccccc12)c1cc2ccccc2c2c1c(N1c3ccccc3Oc3ccccc31)cc1ccccc12. The van der Waals surface area contributed by atoms with Crippen LogP contribution in [0.2, 0.25) is 0 Å². The average Bonchev–Trinajstić information content (AvgIpc) is 3.09. The van der Waals surface area contributed by atoms with E-state index >= 15 is 8.42 Å². The summed E-state index contributed by atoms with van der Waals surface area (Å²) in [5.74, 6) is 1.41. The van der Waals surface area contributed by atoms with Gasteiger partial charge in [0.15, 0.2) is 11.5 Å². The summed E-state index contributed by atoms with van der Waals surface area (Å²) in [6, 6.07) is 49.2. The van der Waals surface area contributed by atoms with Crippen LogP contribution < -0.4 is 9.64 Å². The van der Waals surface area contributed by atoms with Crippen molar-refractivity contribution < 1.29 is 13.2 Å². The fraction of sp³-hybridized carbons (Fsp3) is 0. The van der Waals surface area contributed by atoms with E-state index in [1.54, 1.807) is 6.07 Å². The maximum absolute atomic E-state index is 15.1. The third-order valence-electron chi connectivity index (χ3n) is 8.79. The van der Waals surface area contributed by atoms with Gasteiger partial charge in [0.2, 0.25) is 9.84 Å². The van der Waals surface area contributed by atoms with Crippen molar-refractivity contribution >= 4 is 70.0 Å². The quantitative estimate of drug-likeness (QED) is 0.190. The number of rotatable bonds is 3. The van der Waals surface area contributed by atoms with Gasteiger partial charge in [0.1, 0.15) is 0 Å². The van der Waals surface area contributed by atoms with Gasteiger partial charge in [0.05, 0.1) is 26.9 Å². The molecule has 1 aliphatic heterocycles. The van der Waals surface area contributed by atoms with Gasteiger partial charge >= 0.3 is 0 Å². The smallest absolute Gasteiger partial charge is 0.207 e. The van der Waals surface area contributed by atoms with E-state index in [-0.39, 0.29) is 4.90 Å². The number of hydrogen-bond acceptors (Lipinski definition) is 4. The van der Waals surface area contributed by atoms with Crippen LogP contribution in [-0.4, -0.2) is 8.42 Å². The van der Waals surface area contributed by atoms with Crippen LogP contribution >= 0.6 is 0 Å². The lowest BCUT2D eigenvalue weighted by Crippen LogP contribution is -2.17. The summed E-state index contributed by atoms with van der Waals surface area (Å²) in [6.07, 6.45) is 0. The zero-order chi connectivity index (χ0) is 30.1. The summed E-state index contributed by atoms with van der Waals surface area (Å²) in [4.78, 5) is 2.72. The van der Waals surface area contributed by atoms with Gasteiger partial charge in [0, 0.05) is 16.2 Å². The van der Waals surface area contributed by atoms with Crippen LogP contribution in [0.5, 0.6) is 11.5 Å². The van der Waals surface area contributed by atoms with Gasteiger partial charge in [-0.05, 0) is 69.4 Å². The van der Waals surface area contributed by atoms with Crippen LogP contribution in [0.1, 0.15) is 0 Å². The number of anilines is 3. The molecular weight excluding hydrogens is 575 g/mol. The number of fused-ring (bicyclic) bond motifs is 8. The lowest BCUT2D eigenvalue weighted by molar-refractivity contribution is 0.477. The Bertz CT molecular complexity index is 2540. The Morgan fingerprint density at radius 3 is 1.60 bits per heavy atom. The molecule has 214 valence electrons. The molecule has 8 aromatic rings. The highest BCUT2D eigenvalue weighted by atomic mass is 32.2. The zero-order valence-electron chi connectivity index (χ0n) is 24.0. The molecule has 0 spiro atoms. The highest BCUT2D eigenvalue weighted by Crippen LogP contribution is 2.54. The fourth-order valence-corrected chi connectivity index (χ4v) is 8.55. The van der Waals surface area contributed by atoms with Crippen LogP contribution in [-0.2, 0) is 9.84 Å². The van der Waals surface area contributed by atoms with Crippen LogP contribution in [0.4, 0.5) is 17.1 Å². The molecule has 45 heavy (non-hydrogen) atoms. The Balaban J connectivity index is 1.50. The summed E-state index contributed by atoms with van der Waals surface area (Å²) in [7, 11) is -4.03. The van der Waals surface area contributed by atoms with Crippen molar-refractivity contribution in [3.8, 4) is 11.5 Å². The average molecular weight is 600 g/mol. The minimum Gasteiger partial charge on any atom is -0.453 e. The minimum atomic E-state index is -4.03. The standard InChI is InChI=1S/C40H25NO3S/c42-45(43,37-23-11-15-26-12-1-4-16-29(26)37)38-25-28-14-3-6-18-31(28)39-30-17-5-2-13-27(30)24-34(40(38)39)41-32-19-7-9-21-35(32)44-36-22-10-8-20-33(36)41/h1-25H. The first-order valence-corrected chi connectivity index (χ1v) is 16.3. The largest absolute Gasteiger partial charge is 0.453 e. The molecule has 1 heterocycles. The van der Waals surface area contributed by atoms with Crippen molar-refractivity contribution in [3.05, 3.63) is 152 Å². The third kappa shape index (κ3) is 3.81. The van der Waals surface area contributed by atoms with Crippen molar-refractivity contribution in [1.29, 1.82) is 0 Å². The zero-order valence-corrected chi connectivity index (χ0v) is 24.8. The van der Waals surface area contributed by atoms with Gasteiger partial charge < -0.3 is 9.64 Å². The van der Waals surface area contributed by atoms with E-state index < -0.39 is 9.84 Å². The second-order valence-corrected chi connectivity index (χ2v) is 13.2. The molecule has 0 bridgehead atoms. The maximum Gasteiger partial charge on any atom is 0.207 e. The summed E-state index contributed by atoms with van der Waals surface area (Å²) in [6.45, 7) is 0. The Morgan fingerprint density at radius 1 is 0.422 bits per heavy atom. The molecule has 0 amide bonds. The molecule has 0 aromatic heterocycles. The van der Waals surface area contributed by atoms with E-state index in [9.17, 15) is 0 Å². The maximum atomic E-state index is 15.1. The van der Waals surface area contributed by atoms with Crippen LogP contribution in [0.25, 0.3) is 43.1 Å². The van der Waals surface area contributed by atoms with Gasteiger partial charge in [0.25, 0.3) is 0 Å². The Labute approximate surface area is 260 Å². The van der Waals surface area contributed by atoms with Crippen LogP contribution in [0.3, 0.4) is 0 Å². The molecule has 0 saturated carbocycles. The number of para-hydroxylation sites is 4. The highest BCUT2D eigenvalue weighted by Gasteiger charge is 2.31. The van der Waals surface area contributed by atoms with Crippen molar-refractivity contribution in [2.24, 2.45) is 0 Å². The molecule has 9 rings (SSSR count). The van der Waals surface area contributed by atoms with E-state index in [0.717, 1.165) is 49.4 Å². The lowest BCUT2D eigenvalue weighted by Gasteiger charge is -2.34. The Morgan fingerprint density at radius 2 is 0.933 bits per heavy atom. The highest BCUT2D eigenvalue weighted by molar-refractivity contribution is 7.92. The molecule has 0 radical (unpaired) electrons. The fourth-order valence-electron chi connectivity index (χ4n) is 6.83. The van der Waals surface area contributed by atoms with Gasteiger partial charge in [-0.25, -0.2) is 8.42 Å².